The average molecular weight is 315 g/mol. The van der Waals surface area contributed by atoms with Crippen molar-refractivity contribution in [1.29, 1.82) is 0 Å². The van der Waals surface area contributed by atoms with Crippen LogP contribution in [0.3, 0.4) is 0 Å². The van der Waals surface area contributed by atoms with Crippen molar-refractivity contribution in [2.45, 2.75) is 0 Å². The van der Waals surface area contributed by atoms with E-state index in [2.05, 4.69) is 52.4 Å². The highest BCUT2D eigenvalue weighted by molar-refractivity contribution is 7.19. The van der Waals surface area contributed by atoms with Gasteiger partial charge in [-0.25, -0.2) is 4.98 Å². The zero-order valence-electron chi connectivity index (χ0n) is 12.2. The third-order valence-corrected chi connectivity index (χ3v) is 5.30. The van der Waals surface area contributed by atoms with Crippen LogP contribution in [-0.4, -0.2) is 9.97 Å². The second-order valence-corrected chi connectivity index (χ2v) is 6.64. The minimum Gasteiger partial charge on any atom is -0.395 e. The van der Waals surface area contributed by atoms with Gasteiger partial charge in [0.1, 0.15) is 5.01 Å². The number of thiazole rings is 1. The monoisotopic (exact) mass is 315 g/mol. The van der Waals surface area contributed by atoms with E-state index in [1.54, 1.807) is 11.3 Å². The summed E-state index contributed by atoms with van der Waals surface area (Å²) < 4.78 is 1.15. The van der Waals surface area contributed by atoms with Crippen molar-refractivity contribution in [3.05, 3.63) is 71.0 Å². The van der Waals surface area contributed by atoms with Crippen molar-refractivity contribution in [3.8, 4) is 0 Å². The predicted octanol–water partition coefficient (Wildman–Crippen LogP) is 3.76. The summed E-state index contributed by atoms with van der Waals surface area (Å²) in [5.74, 6) is 0. The molecule has 5 aromatic rings. The number of hydrogen-bond donors (Lipinski definition) is 2. The van der Waals surface area contributed by atoms with Crippen molar-refractivity contribution < 1.29 is 0 Å². The molecule has 0 atom stereocenters. The van der Waals surface area contributed by atoms with Crippen molar-refractivity contribution in [3.63, 3.8) is 0 Å². The number of nitrogens with two attached hydrogens (primary N) is 1. The normalized spacial score (nSPS) is 13.2. The maximum atomic E-state index is 6.48. The minimum atomic E-state index is 0.704. The van der Waals surface area contributed by atoms with Crippen LogP contribution in [0, 0.1) is 0 Å². The van der Waals surface area contributed by atoms with Crippen LogP contribution >= 0.6 is 11.3 Å². The molecule has 3 aromatic carbocycles. The third kappa shape index (κ3) is 1.79. The quantitative estimate of drug-likeness (QED) is 0.495. The van der Waals surface area contributed by atoms with E-state index in [9.17, 15) is 0 Å². The van der Waals surface area contributed by atoms with Crippen LogP contribution in [0.1, 0.15) is 5.01 Å². The zero-order chi connectivity index (χ0) is 15.4. The molecule has 0 unspecified atom stereocenters. The first kappa shape index (κ1) is 12.7. The number of aromatic nitrogens is 2. The Morgan fingerprint density at radius 1 is 0.957 bits per heavy atom. The fourth-order valence-corrected chi connectivity index (χ4v) is 4.09. The molecule has 0 bridgehead atoms. The van der Waals surface area contributed by atoms with Crippen LogP contribution in [0.5, 0.6) is 0 Å². The molecule has 0 saturated carbocycles. The fourth-order valence-electron chi connectivity index (χ4n) is 3.16. The van der Waals surface area contributed by atoms with Crippen molar-refractivity contribution >= 4 is 48.9 Å². The Morgan fingerprint density at radius 2 is 1.78 bits per heavy atom. The number of H-pyrrole nitrogens is 1. The van der Waals surface area contributed by atoms with Gasteiger partial charge in [0, 0.05) is 16.3 Å². The van der Waals surface area contributed by atoms with Gasteiger partial charge in [-0.15, -0.1) is 11.3 Å². The number of aromatic amines is 1. The Bertz CT molecular complexity index is 1190. The van der Waals surface area contributed by atoms with Crippen LogP contribution in [0.2, 0.25) is 0 Å². The Labute approximate surface area is 136 Å². The highest BCUT2D eigenvalue weighted by Crippen LogP contribution is 2.26. The first-order chi connectivity index (χ1) is 11.3. The number of hydrogen-bond acceptors (Lipinski definition) is 3. The van der Waals surface area contributed by atoms with Crippen molar-refractivity contribution in [2.24, 2.45) is 5.73 Å². The number of rotatable bonds is 1. The summed E-state index contributed by atoms with van der Waals surface area (Å²) in [5.41, 5.74) is 9.29. The molecule has 2 heterocycles. The summed E-state index contributed by atoms with van der Waals surface area (Å²) in [5, 5.41) is 5.41. The Kier molecular flexibility index (Phi) is 2.52. The van der Waals surface area contributed by atoms with Gasteiger partial charge in [0.25, 0.3) is 0 Å². The highest BCUT2D eigenvalue weighted by atomic mass is 32.1. The van der Waals surface area contributed by atoms with Crippen LogP contribution in [0.15, 0.2) is 60.7 Å². The third-order valence-electron chi connectivity index (χ3n) is 4.23. The fraction of sp³-hybridized carbons (Fsp3) is 0. The molecule has 0 aliphatic rings. The summed E-state index contributed by atoms with van der Waals surface area (Å²) in [7, 11) is 0. The molecule has 3 N–H and O–H groups in total. The Balaban J connectivity index is 1.90. The van der Waals surface area contributed by atoms with E-state index in [0.717, 1.165) is 31.5 Å². The second-order valence-electron chi connectivity index (χ2n) is 5.61. The molecule has 0 radical (unpaired) electrons. The smallest absolute Gasteiger partial charge is 0.142 e. The molecular weight excluding hydrogens is 302 g/mol. The molecule has 4 heteroatoms. The zero-order valence-corrected chi connectivity index (χ0v) is 13.0. The van der Waals surface area contributed by atoms with E-state index in [0.29, 0.717) is 5.70 Å². The van der Waals surface area contributed by atoms with Gasteiger partial charge < -0.3 is 10.7 Å². The molecule has 0 spiro atoms. The topological polar surface area (TPSA) is 54.7 Å². The van der Waals surface area contributed by atoms with Gasteiger partial charge in [0.2, 0.25) is 0 Å². The lowest BCUT2D eigenvalue weighted by atomic mass is 10.1. The largest absolute Gasteiger partial charge is 0.395 e. The summed E-state index contributed by atoms with van der Waals surface area (Å²) in [6, 6.07) is 20.7. The van der Waals surface area contributed by atoms with E-state index >= 15 is 0 Å². The summed E-state index contributed by atoms with van der Waals surface area (Å²) in [6.45, 7) is 0. The highest BCUT2D eigenvalue weighted by Gasteiger charge is 2.11. The minimum absolute atomic E-state index is 0.704. The summed E-state index contributed by atoms with van der Waals surface area (Å²) in [6.07, 6.45) is 0. The molecule has 0 amide bonds. The van der Waals surface area contributed by atoms with Crippen molar-refractivity contribution in [1.82, 2.24) is 9.97 Å². The van der Waals surface area contributed by atoms with Gasteiger partial charge in [-0.05, 0) is 23.6 Å². The molecule has 0 fully saturated rings. The number of nitrogens with one attached hydrogen (secondary N) is 1. The first-order valence-electron chi connectivity index (χ1n) is 7.46. The molecule has 0 aliphatic heterocycles. The second kappa shape index (κ2) is 4.57. The number of nitrogens with zero attached hydrogens (tertiary/aromatic N) is 1. The van der Waals surface area contributed by atoms with Crippen LogP contribution < -0.4 is 11.1 Å². The lowest BCUT2D eigenvalue weighted by Crippen LogP contribution is -2.15. The van der Waals surface area contributed by atoms with E-state index in [-0.39, 0.29) is 0 Å². The van der Waals surface area contributed by atoms with E-state index in [1.807, 2.05) is 18.2 Å². The predicted molar refractivity (Wildman–Crippen MR) is 97.3 cm³/mol. The SMILES string of the molecule is N/C(c1nc2ccccc2s1)=c1\[nH]c2cccc3cccc1c32. The van der Waals surface area contributed by atoms with Crippen molar-refractivity contribution in [2.75, 3.05) is 0 Å². The standard InChI is InChI=1S/C19H13N3S/c20-17(19-22-13-8-1-2-10-15(13)23-19)18-12-7-3-5-11-6-4-9-14(21-18)16(11)12/h1-10,21H,20H2/b18-17-. The number of fused-ring (bicyclic) bond motifs is 1. The Hall–Kier alpha value is -2.85. The summed E-state index contributed by atoms with van der Waals surface area (Å²) in [4.78, 5) is 8.15. The van der Waals surface area contributed by atoms with Gasteiger partial charge in [-0.3, -0.25) is 0 Å². The number of benzene rings is 3. The van der Waals surface area contributed by atoms with Crippen LogP contribution in [0.25, 0.3) is 37.6 Å². The molecule has 5 rings (SSSR count). The van der Waals surface area contributed by atoms with Crippen LogP contribution in [-0.2, 0) is 0 Å². The molecule has 3 nitrogen and oxygen atoms in total. The van der Waals surface area contributed by atoms with Gasteiger partial charge in [0.05, 0.1) is 21.3 Å². The summed E-state index contributed by atoms with van der Waals surface area (Å²) >= 11 is 1.63. The Morgan fingerprint density at radius 3 is 2.65 bits per heavy atom. The first-order valence-corrected chi connectivity index (χ1v) is 8.28. The average Bonchev–Trinajstić information content (AvgIpc) is 3.18. The molecule has 0 aliphatic carbocycles. The van der Waals surface area contributed by atoms with E-state index in [4.69, 9.17) is 5.73 Å². The molecule has 2 aromatic heterocycles. The van der Waals surface area contributed by atoms with Gasteiger partial charge in [-0.1, -0.05) is 42.5 Å². The molecule has 0 saturated heterocycles. The molecular formula is C19H13N3S. The van der Waals surface area contributed by atoms with Gasteiger partial charge in [-0.2, -0.15) is 0 Å². The van der Waals surface area contributed by atoms with E-state index < -0.39 is 0 Å². The van der Waals surface area contributed by atoms with E-state index in [1.165, 1.54) is 10.8 Å². The van der Waals surface area contributed by atoms with Gasteiger partial charge in [0.15, 0.2) is 0 Å². The number of para-hydroxylation sites is 1. The maximum Gasteiger partial charge on any atom is 0.142 e. The lowest BCUT2D eigenvalue weighted by Gasteiger charge is -1.97. The van der Waals surface area contributed by atoms with Crippen LogP contribution in [0.4, 0.5) is 0 Å². The maximum absolute atomic E-state index is 6.48. The molecule has 23 heavy (non-hydrogen) atoms. The lowest BCUT2D eigenvalue weighted by molar-refractivity contribution is 1.31. The van der Waals surface area contributed by atoms with Gasteiger partial charge >= 0.3 is 0 Å². The molecule has 110 valence electrons.